The molecule has 23 heavy (non-hydrogen) atoms. The number of phenols is 3. The molecule has 0 spiro atoms. The number of fused-ring (bicyclic) bond motifs is 1. The van der Waals surface area contributed by atoms with E-state index in [1.807, 2.05) is 36.4 Å². The first-order chi connectivity index (χ1) is 11.0. The van der Waals surface area contributed by atoms with E-state index in [0.717, 1.165) is 22.9 Å². The summed E-state index contributed by atoms with van der Waals surface area (Å²) < 4.78 is 0. The van der Waals surface area contributed by atoms with Crippen LogP contribution in [-0.2, 0) is 0 Å². The highest BCUT2D eigenvalue weighted by Gasteiger charge is 2.10. The van der Waals surface area contributed by atoms with Gasteiger partial charge < -0.3 is 26.0 Å². The highest BCUT2D eigenvalue weighted by atomic mass is 16.3. The van der Waals surface area contributed by atoms with E-state index in [1.54, 1.807) is 6.07 Å². The fraction of sp³-hybridized carbons (Fsp3) is 0. The van der Waals surface area contributed by atoms with Crippen LogP contribution in [0.15, 0.2) is 54.6 Å². The summed E-state index contributed by atoms with van der Waals surface area (Å²) >= 11 is 0. The Morgan fingerprint density at radius 1 is 0.739 bits per heavy atom. The molecule has 0 aliphatic rings. The number of aromatic hydroxyl groups is 3. The summed E-state index contributed by atoms with van der Waals surface area (Å²) in [7, 11) is 0. The van der Waals surface area contributed by atoms with Gasteiger partial charge in [0.25, 0.3) is 0 Å². The van der Waals surface area contributed by atoms with E-state index in [4.69, 9.17) is 0 Å². The number of rotatable bonds is 2. The van der Waals surface area contributed by atoms with Gasteiger partial charge in [-0.15, -0.1) is 0 Å². The number of nitrogens with one attached hydrogen (secondary N) is 2. The Balaban J connectivity index is 1.75. The van der Waals surface area contributed by atoms with Crippen LogP contribution in [0, 0.1) is 0 Å². The number of anilines is 2. The van der Waals surface area contributed by atoms with Gasteiger partial charge in [-0.2, -0.15) is 0 Å². The smallest absolute Gasteiger partial charge is 0.323 e. The summed E-state index contributed by atoms with van der Waals surface area (Å²) in [5, 5.41) is 35.3. The minimum atomic E-state index is -0.634. The number of carbonyl (C=O) groups excluding carboxylic acids is 1. The van der Waals surface area contributed by atoms with Gasteiger partial charge in [0.2, 0.25) is 0 Å². The topological polar surface area (TPSA) is 102 Å². The Kier molecular flexibility index (Phi) is 3.64. The number of amides is 2. The zero-order valence-electron chi connectivity index (χ0n) is 11.9. The lowest BCUT2D eigenvalue weighted by atomic mass is 10.1. The number of carbonyl (C=O) groups is 1. The van der Waals surface area contributed by atoms with Crippen molar-refractivity contribution >= 4 is 28.2 Å². The summed E-state index contributed by atoms with van der Waals surface area (Å²) in [6, 6.07) is 15.0. The Hall–Kier alpha value is -3.41. The second kappa shape index (κ2) is 5.76. The molecule has 5 N–H and O–H groups in total. The summed E-state index contributed by atoms with van der Waals surface area (Å²) in [4.78, 5) is 12.0. The van der Waals surface area contributed by atoms with Crippen LogP contribution >= 0.6 is 0 Å². The number of urea groups is 1. The molecule has 0 aliphatic heterocycles. The minimum Gasteiger partial charge on any atom is -0.504 e. The van der Waals surface area contributed by atoms with Crippen LogP contribution in [-0.4, -0.2) is 21.4 Å². The van der Waals surface area contributed by atoms with Crippen LogP contribution in [0.3, 0.4) is 0 Å². The molecular formula is C17H14N2O4. The van der Waals surface area contributed by atoms with Gasteiger partial charge in [0.15, 0.2) is 17.2 Å². The summed E-state index contributed by atoms with van der Waals surface area (Å²) in [6.45, 7) is 0. The standard InChI is InChI=1S/C17H14N2O4/c20-14-8-13(9-15(21)16(14)22)19-17(23)18-12-6-5-10-3-1-2-4-11(10)7-12/h1-9,20-22H,(H2,18,19,23). The van der Waals surface area contributed by atoms with E-state index < -0.39 is 23.3 Å². The van der Waals surface area contributed by atoms with Crippen molar-refractivity contribution in [2.75, 3.05) is 10.6 Å². The third kappa shape index (κ3) is 3.11. The first-order valence-electron chi connectivity index (χ1n) is 6.85. The van der Waals surface area contributed by atoms with Gasteiger partial charge in [-0.25, -0.2) is 4.79 Å². The van der Waals surface area contributed by atoms with Gasteiger partial charge in [-0.05, 0) is 22.9 Å². The van der Waals surface area contributed by atoms with E-state index in [9.17, 15) is 20.1 Å². The number of phenolic OH excluding ortho intramolecular Hbond substituents is 3. The molecule has 2 amide bonds. The van der Waals surface area contributed by atoms with Crippen LogP contribution in [0.25, 0.3) is 10.8 Å². The molecule has 3 aromatic rings. The molecular weight excluding hydrogens is 296 g/mol. The maximum Gasteiger partial charge on any atom is 0.323 e. The van der Waals surface area contributed by atoms with Crippen LogP contribution in [0.4, 0.5) is 16.2 Å². The SMILES string of the molecule is O=C(Nc1cc(O)c(O)c(O)c1)Nc1ccc2ccccc2c1. The summed E-state index contributed by atoms with van der Waals surface area (Å²) in [5.41, 5.74) is 0.754. The first kappa shape index (κ1) is 14.5. The molecule has 0 heterocycles. The fourth-order valence-corrected chi connectivity index (χ4v) is 2.24. The van der Waals surface area contributed by atoms with Gasteiger partial charge >= 0.3 is 6.03 Å². The Morgan fingerprint density at radius 3 is 2.04 bits per heavy atom. The van der Waals surface area contributed by atoms with E-state index in [2.05, 4.69) is 10.6 Å². The monoisotopic (exact) mass is 310 g/mol. The third-order valence-electron chi connectivity index (χ3n) is 3.33. The van der Waals surface area contributed by atoms with Crippen LogP contribution in [0.2, 0.25) is 0 Å². The molecule has 0 aliphatic carbocycles. The molecule has 6 heteroatoms. The predicted molar refractivity (Wildman–Crippen MR) is 88.0 cm³/mol. The molecule has 3 aromatic carbocycles. The van der Waals surface area contributed by atoms with E-state index in [-0.39, 0.29) is 5.69 Å². The zero-order chi connectivity index (χ0) is 16.4. The Morgan fingerprint density at radius 2 is 1.35 bits per heavy atom. The van der Waals surface area contributed by atoms with Crippen molar-refractivity contribution in [3.05, 3.63) is 54.6 Å². The lowest BCUT2D eigenvalue weighted by Gasteiger charge is -2.10. The number of hydrogen-bond donors (Lipinski definition) is 5. The average molecular weight is 310 g/mol. The van der Waals surface area contributed by atoms with Crippen molar-refractivity contribution in [1.29, 1.82) is 0 Å². The molecule has 0 radical (unpaired) electrons. The van der Waals surface area contributed by atoms with Gasteiger partial charge in [-0.1, -0.05) is 30.3 Å². The molecule has 0 saturated carbocycles. The molecule has 0 aromatic heterocycles. The fourth-order valence-electron chi connectivity index (χ4n) is 2.24. The number of benzene rings is 3. The molecule has 0 atom stereocenters. The van der Waals surface area contributed by atoms with Crippen molar-refractivity contribution in [2.45, 2.75) is 0 Å². The number of hydrogen-bond acceptors (Lipinski definition) is 4. The molecule has 0 bridgehead atoms. The van der Waals surface area contributed by atoms with Gasteiger partial charge in [0.1, 0.15) is 0 Å². The maximum absolute atomic E-state index is 12.0. The second-order valence-corrected chi connectivity index (χ2v) is 5.00. The van der Waals surface area contributed by atoms with Gasteiger partial charge in [0.05, 0.1) is 5.69 Å². The minimum absolute atomic E-state index is 0.149. The lowest BCUT2D eigenvalue weighted by molar-refractivity contribution is 0.262. The van der Waals surface area contributed by atoms with Crippen molar-refractivity contribution in [2.24, 2.45) is 0 Å². The molecule has 116 valence electrons. The molecule has 3 rings (SSSR count). The second-order valence-electron chi connectivity index (χ2n) is 5.00. The normalized spacial score (nSPS) is 10.4. The largest absolute Gasteiger partial charge is 0.504 e. The first-order valence-corrected chi connectivity index (χ1v) is 6.85. The van der Waals surface area contributed by atoms with E-state index in [1.165, 1.54) is 0 Å². The Bertz CT molecular complexity index is 870. The van der Waals surface area contributed by atoms with Crippen molar-refractivity contribution < 1.29 is 20.1 Å². The third-order valence-corrected chi connectivity index (χ3v) is 3.33. The van der Waals surface area contributed by atoms with Crippen LogP contribution in [0.5, 0.6) is 17.2 Å². The molecule has 0 fully saturated rings. The zero-order valence-corrected chi connectivity index (χ0v) is 11.9. The highest BCUT2D eigenvalue weighted by Crippen LogP contribution is 2.37. The van der Waals surface area contributed by atoms with Gasteiger partial charge in [0, 0.05) is 17.8 Å². The quantitative estimate of drug-likeness (QED) is 0.368. The Labute approximate surface area is 131 Å². The molecule has 6 nitrogen and oxygen atoms in total. The summed E-state index contributed by atoms with van der Waals surface area (Å²) in [5.74, 6) is -1.68. The van der Waals surface area contributed by atoms with Gasteiger partial charge in [-0.3, -0.25) is 0 Å². The molecule has 0 unspecified atom stereocenters. The van der Waals surface area contributed by atoms with Crippen molar-refractivity contribution in [3.8, 4) is 17.2 Å². The highest BCUT2D eigenvalue weighted by molar-refractivity contribution is 6.01. The van der Waals surface area contributed by atoms with Crippen molar-refractivity contribution in [3.63, 3.8) is 0 Å². The lowest BCUT2D eigenvalue weighted by Crippen LogP contribution is -2.19. The predicted octanol–water partition coefficient (Wildman–Crippen LogP) is 3.60. The van der Waals surface area contributed by atoms with E-state index >= 15 is 0 Å². The van der Waals surface area contributed by atoms with E-state index in [0.29, 0.717) is 5.69 Å². The van der Waals surface area contributed by atoms with Crippen LogP contribution in [0.1, 0.15) is 0 Å². The van der Waals surface area contributed by atoms with Crippen molar-refractivity contribution in [1.82, 2.24) is 0 Å². The summed E-state index contributed by atoms with van der Waals surface area (Å²) in [6.07, 6.45) is 0. The molecule has 0 saturated heterocycles. The maximum atomic E-state index is 12.0. The average Bonchev–Trinajstić information content (AvgIpc) is 2.52. The van der Waals surface area contributed by atoms with Crippen LogP contribution < -0.4 is 10.6 Å².